The van der Waals surface area contributed by atoms with Crippen molar-refractivity contribution in [2.45, 2.75) is 84.7 Å². The lowest BCUT2D eigenvalue weighted by Crippen LogP contribution is -2.49. The van der Waals surface area contributed by atoms with Gasteiger partial charge in [-0.05, 0) is 54.9 Å². The molecule has 2 atom stereocenters. The first kappa shape index (κ1) is 26.1. The molecule has 0 aromatic rings. The zero-order valence-electron chi connectivity index (χ0n) is 18.2. The molecule has 0 aliphatic rings. The molecule has 0 bridgehead atoms. The van der Waals surface area contributed by atoms with Crippen LogP contribution < -0.4 is 16.0 Å². The minimum atomic E-state index is -0.931. The third-order valence-electron chi connectivity index (χ3n) is 3.11. The summed E-state index contributed by atoms with van der Waals surface area (Å²) in [6, 6.07) is -0.931. The van der Waals surface area contributed by atoms with E-state index >= 15 is 0 Å². The third-order valence-corrected chi connectivity index (χ3v) is 3.11. The minimum absolute atomic E-state index is 0.0224. The van der Waals surface area contributed by atoms with Crippen molar-refractivity contribution in [2.75, 3.05) is 19.6 Å². The highest BCUT2D eigenvalue weighted by atomic mass is 16.6. The summed E-state index contributed by atoms with van der Waals surface area (Å²) in [7, 11) is 0. The number of aliphatic hydroxyl groups excluding tert-OH is 1. The Morgan fingerprint density at radius 2 is 1.54 bits per heavy atom. The van der Waals surface area contributed by atoms with Crippen molar-refractivity contribution in [3.8, 4) is 0 Å². The lowest BCUT2D eigenvalue weighted by molar-refractivity contribution is -0.155. The first-order valence-electron chi connectivity index (χ1n) is 9.57. The molecule has 0 heterocycles. The van der Waals surface area contributed by atoms with E-state index in [-0.39, 0.29) is 12.8 Å². The van der Waals surface area contributed by atoms with E-state index in [9.17, 15) is 19.5 Å². The smallest absolute Gasteiger partial charge is 0.408 e. The zero-order valence-corrected chi connectivity index (χ0v) is 18.2. The molecule has 164 valence electrons. The molecule has 2 amide bonds. The second-order valence-corrected chi connectivity index (χ2v) is 8.67. The Hall–Kier alpha value is -1.87. The van der Waals surface area contributed by atoms with Gasteiger partial charge < -0.3 is 30.5 Å². The molecule has 0 saturated heterocycles. The van der Waals surface area contributed by atoms with Gasteiger partial charge in [0.15, 0.2) is 0 Å². The van der Waals surface area contributed by atoms with Crippen LogP contribution in [0.5, 0.6) is 0 Å². The van der Waals surface area contributed by atoms with Gasteiger partial charge in [-0.25, -0.2) is 4.79 Å². The monoisotopic (exact) mass is 403 g/mol. The second kappa shape index (κ2) is 11.9. The van der Waals surface area contributed by atoms with Crippen molar-refractivity contribution >= 4 is 18.0 Å². The highest BCUT2D eigenvalue weighted by Crippen LogP contribution is 2.11. The van der Waals surface area contributed by atoms with Crippen LogP contribution in [0, 0.1) is 0 Å². The topological polar surface area (TPSA) is 126 Å². The van der Waals surface area contributed by atoms with Gasteiger partial charge in [-0.1, -0.05) is 0 Å². The Labute approximate surface area is 167 Å². The van der Waals surface area contributed by atoms with Gasteiger partial charge in [0, 0.05) is 26.1 Å². The molecule has 0 rings (SSSR count). The van der Waals surface area contributed by atoms with E-state index in [0.29, 0.717) is 19.6 Å². The van der Waals surface area contributed by atoms with Crippen molar-refractivity contribution in [2.24, 2.45) is 0 Å². The first-order chi connectivity index (χ1) is 12.7. The fraction of sp³-hybridized carbons (Fsp3) is 0.842. The quantitative estimate of drug-likeness (QED) is 0.318. The summed E-state index contributed by atoms with van der Waals surface area (Å²) >= 11 is 0. The molecule has 28 heavy (non-hydrogen) atoms. The van der Waals surface area contributed by atoms with Crippen LogP contribution in [0.1, 0.15) is 61.3 Å². The fourth-order valence-corrected chi connectivity index (χ4v) is 2.08. The third kappa shape index (κ3) is 15.2. The van der Waals surface area contributed by atoms with Crippen LogP contribution in [-0.4, -0.2) is 66.1 Å². The average Bonchev–Trinajstić information content (AvgIpc) is 2.46. The van der Waals surface area contributed by atoms with Crippen LogP contribution in [0.25, 0.3) is 0 Å². The minimum Gasteiger partial charge on any atom is -0.460 e. The van der Waals surface area contributed by atoms with Crippen LogP contribution in [0.15, 0.2) is 0 Å². The van der Waals surface area contributed by atoms with Crippen LogP contribution in [0.3, 0.4) is 0 Å². The number of nitrogens with one attached hydrogen (secondary N) is 3. The van der Waals surface area contributed by atoms with Crippen molar-refractivity contribution in [3.63, 3.8) is 0 Å². The molecule has 0 fully saturated rings. The lowest BCUT2D eigenvalue weighted by atomic mass is 10.1. The Bertz CT molecular complexity index is 509. The normalized spacial score (nSPS) is 14.0. The number of aliphatic hydroxyl groups is 1. The molecule has 1 unspecified atom stereocenters. The molecule has 9 nitrogen and oxygen atoms in total. The molecule has 4 N–H and O–H groups in total. The molecule has 9 heteroatoms. The highest BCUT2D eigenvalue weighted by Gasteiger charge is 2.26. The predicted octanol–water partition coefficient (Wildman–Crippen LogP) is 1.09. The standard InChI is InChI=1S/C19H37N3O6/c1-13(23)12-20-10-11-21-16(25)14(22-17(26)28-19(5,6)7)8-9-15(24)27-18(2,3)4/h13-14,20,23H,8-12H2,1-7H3,(H,21,25)(H,22,26)/t13?,14-/m0/s1. The number of alkyl carbamates (subject to hydrolysis) is 1. The largest absolute Gasteiger partial charge is 0.460 e. The van der Waals surface area contributed by atoms with Crippen molar-refractivity contribution in [3.05, 3.63) is 0 Å². The predicted molar refractivity (Wildman–Crippen MR) is 106 cm³/mol. The lowest BCUT2D eigenvalue weighted by Gasteiger charge is -2.24. The fourth-order valence-electron chi connectivity index (χ4n) is 2.08. The number of ether oxygens (including phenoxy) is 2. The van der Waals surface area contributed by atoms with Gasteiger partial charge in [0.2, 0.25) is 5.91 Å². The molecule has 0 aromatic heterocycles. The van der Waals surface area contributed by atoms with Gasteiger partial charge in [0.1, 0.15) is 17.2 Å². The molecular formula is C19H37N3O6. The Kier molecular flexibility index (Phi) is 11.1. The molecule has 0 aromatic carbocycles. The SMILES string of the molecule is CC(O)CNCCNC(=O)[C@H](CCC(=O)OC(C)(C)C)NC(=O)OC(C)(C)C. The molecule has 0 radical (unpaired) electrons. The number of hydrogen-bond donors (Lipinski definition) is 4. The Morgan fingerprint density at radius 3 is 2.04 bits per heavy atom. The summed E-state index contributed by atoms with van der Waals surface area (Å²) in [4.78, 5) is 36.4. The van der Waals surface area contributed by atoms with Gasteiger partial charge in [-0.15, -0.1) is 0 Å². The Morgan fingerprint density at radius 1 is 0.964 bits per heavy atom. The van der Waals surface area contributed by atoms with E-state index in [4.69, 9.17) is 9.47 Å². The van der Waals surface area contributed by atoms with Crippen LogP contribution in [0.2, 0.25) is 0 Å². The molecule has 0 aliphatic carbocycles. The maximum atomic E-state index is 12.4. The summed E-state index contributed by atoms with van der Waals surface area (Å²) < 4.78 is 10.4. The number of esters is 1. The number of carbonyl (C=O) groups excluding carboxylic acids is 3. The number of amides is 2. The van der Waals surface area contributed by atoms with Gasteiger partial charge in [0.05, 0.1) is 6.10 Å². The van der Waals surface area contributed by atoms with E-state index in [1.54, 1.807) is 48.5 Å². The first-order valence-corrected chi connectivity index (χ1v) is 9.57. The average molecular weight is 404 g/mol. The number of rotatable bonds is 10. The van der Waals surface area contributed by atoms with Gasteiger partial charge >= 0.3 is 12.1 Å². The van der Waals surface area contributed by atoms with Crippen LogP contribution >= 0.6 is 0 Å². The van der Waals surface area contributed by atoms with Gasteiger partial charge in [-0.2, -0.15) is 0 Å². The summed E-state index contributed by atoms with van der Waals surface area (Å²) in [5.41, 5.74) is -1.33. The van der Waals surface area contributed by atoms with E-state index in [1.807, 2.05) is 0 Å². The zero-order chi connectivity index (χ0) is 22.0. The maximum Gasteiger partial charge on any atom is 0.408 e. The number of hydrogen-bond acceptors (Lipinski definition) is 7. The van der Waals surface area contributed by atoms with Gasteiger partial charge in [-0.3, -0.25) is 9.59 Å². The summed E-state index contributed by atoms with van der Waals surface area (Å²) in [6.07, 6.45) is -1.15. The molecular weight excluding hydrogens is 366 g/mol. The number of carbonyl (C=O) groups is 3. The molecule has 0 aliphatic heterocycles. The van der Waals surface area contributed by atoms with Crippen molar-refractivity contribution < 1.29 is 29.0 Å². The Balaban J connectivity index is 4.71. The van der Waals surface area contributed by atoms with E-state index in [2.05, 4.69) is 16.0 Å². The van der Waals surface area contributed by atoms with E-state index in [1.165, 1.54) is 0 Å². The van der Waals surface area contributed by atoms with Crippen LogP contribution in [0.4, 0.5) is 4.79 Å². The van der Waals surface area contributed by atoms with Crippen molar-refractivity contribution in [1.29, 1.82) is 0 Å². The summed E-state index contributed by atoms with van der Waals surface area (Å²) in [6.45, 7) is 13.3. The highest BCUT2D eigenvalue weighted by molar-refractivity contribution is 5.86. The van der Waals surface area contributed by atoms with E-state index in [0.717, 1.165) is 0 Å². The summed E-state index contributed by atoms with van der Waals surface area (Å²) in [5, 5.41) is 17.4. The van der Waals surface area contributed by atoms with Crippen molar-refractivity contribution in [1.82, 2.24) is 16.0 Å². The molecule has 0 saturated carbocycles. The summed E-state index contributed by atoms with van der Waals surface area (Å²) in [5.74, 6) is -0.872. The van der Waals surface area contributed by atoms with Gasteiger partial charge in [0.25, 0.3) is 0 Å². The second-order valence-electron chi connectivity index (χ2n) is 8.67. The van der Waals surface area contributed by atoms with Crippen LogP contribution in [-0.2, 0) is 19.1 Å². The van der Waals surface area contributed by atoms with E-state index < -0.39 is 41.3 Å². The molecule has 0 spiro atoms. The maximum absolute atomic E-state index is 12.4.